The van der Waals surface area contributed by atoms with Crippen LogP contribution >= 0.6 is 22.9 Å². The van der Waals surface area contributed by atoms with Crippen molar-refractivity contribution in [3.05, 3.63) is 51.6 Å². The number of rotatable bonds is 3. The fourth-order valence-corrected chi connectivity index (χ4v) is 2.60. The molecule has 2 heterocycles. The van der Waals surface area contributed by atoms with Crippen molar-refractivity contribution in [2.75, 3.05) is 0 Å². The molecule has 0 unspecified atom stereocenters. The highest BCUT2D eigenvalue weighted by Gasteiger charge is 2.12. The second kappa shape index (κ2) is 5.52. The van der Waals surface area contributed by atoms with Gasteiger partial charge in [-0.1, -0.05) is 35.6 Å². The van der Waals surface area contributed by atoms with Gasteiger partial charge in [-0.25, -0.2) is 0 Å². The number of hydrogen-bond acceptors (Lipinski definition) is 5. The predicted octanol–water partition coefficient (Wildman–Crippen LogP) is 2.67. The summed E-state index contributed by atoms with van der Waals surface area (Å²) in [5.41, 5.74) is 1.83. The molecule has 3 aromatic rings. The first-order valence-corrected chi connectivity index (χ1v) is 7.03. The summed E-state index contributed by atoms with van der Waals surface area (Å²) in [5.74, 6) is -0.290. The van der Waals surface area contributed by atoms with Gasteiger partial charge in [0.1, 0.15) is 0 Å². The predicted molar refractivity (Wildman–Crippen MR) is 77.8 cm³/mol. The minimum absolute atomic E-state index is 0.252. The maximum absolute atomic E-state index is 11.9. The van der Waals surface area contributed by atoms with E-state index in [0.29, 0.717) is 6.54 Å². The number of carbonyl (C=O) groups is 1. The Morgan fingerprint density at radius 2 is 2.10 bits per heavy atom. The summed E-state index contributed by atoms with van der Waals surface area (Å²) in [6.07, 6.45) is 1.73. The van der Waals surface area contributed by atoms with Gasteiger partial charge in [0.2, 0.25) is 9.47 Å². The molecule has 0 radical (unpaired) electrons. The maximum Gasteiger partial charge on any atom is 0.282 e. The largest absolute Gasteiger partial charge is 0.346 e. The van der Waals surface area contributed by atoms with Crippen molar-refractivity contribution in [3.8, 4) is 0 Å². The molecule has 1 aromatic carbocycles. The number of fused-ring (bicyclic) bond motifs is 1. The number of para-hydroxylation sites is 1. The number of nitrogens with one attached hydrogen (secondary N) is 1. The van der Waals surface area contributed by atoms with Crippen LogP contribution in [0, 0.1) is 0 Å². The SMILES string of the molecule is O=C(NCc1cccc2cccnc12)c1nnc(Cl)s1. The van der Waals surface area contributed by atoms with Gasteiger partial charge in [0, 0.05) is 18.1 Å². The van der Waals surface area contributed by atoms with Gasteiger partial charge in [0.05, 0.1) is 5.52 Å². The summed E-state index contributed by atoms with van der Waals surface area (Å²) in [7, 11) is 0. The molecule has 0 aliphatic heterocycles. The van der Waals surface area contributed by atoms with E-state index in [1.807, 2.05) is 30.3 Å². The van der Waals surface area contributed by atoms with Crippen LogP contribution in [0.3, 0.4) is 0 Å². The first kappa shape index (κ1) is 13.0. The normalized spacial score (nSPS) is 10.7. The van der Waals surface area contributed by atoms with E-state index in [1.165, 1.54) is 0 Å². The molecule has 1 amide bonds. The lowest BCUT2D eigenvalue weighted by atomic mass is 10.1. The maximum atomic E-state index is 11.9. The molecule has 0 saturated carbocycles. The second-order valence-electron chi connectivity index (χ2n) is 4.04. The number of amides is 1. The van der Waals surface area contributed by atoms with Gasteiger partial charge in [-0.2, -0.15) is 0 Å². The highest BCUT2D eigenvalue weighted by atomic mass is 35.5. The third-order valence-electron chi connectivity index (χ3n) is 2.75. The Morgan fingerprint density at radius 1 is 1.25 bits per heavy atom. The zero-order chi connectivity index (χ0) is 13.9. The van der Waals surface area contributed by atoms with E-state index in [2.05, 4.69) is 20.5 Å². The zero-order valence-electron chi connectivity index (χ0n) is 10.2. The minimum Gasteiger partial charge on any atom is -0.346 e. The van der Waals surface area contributed by atoms with Crippen LogP contribution in [0.4, 0.5) is 0 Å². The van der Waals surface area contributed by atoms with Crippen molar-refractivity contribution in [1.82, 2.24) is 20.5 Å². The van der Waals surface area contributed by atoms with Crippen LogP contribution in [-0.2, 0) is 6.54 Å². The van der Waals surface area contributed by atoms with Crippen molar-refractivity contribution < 1.29 is 4.79 Å². The number of pyridine rings is 1. The Labute approximate surface area is 123 Å². The molecule has 0 saturated heterocycles. The third kappa shape index (κ3) is 2.61. The van der Waals surface area contributed by atoms with Gasteiger partial charge in [-0.15, -0.1) is 10.2 Å². The molecule has 0 atom stereocenters. The van der Waals surface area contributed by atoms with Gasteiger partial charge >= 0.3 is 0 Å². The van der Waals surface area contributed by atoms with E-state index in [1.54, 1.807) is 6.20 Å². The molecule has 3 rings (SSSR count). The van der Waals surface area contributed by atoms with E-state index < -0.39 is 0 Å². The fraction of sp³-hybridized carbons (Fsp3) is 0.0769. The molecule has 2 aromatic heterocycles. The number of aromatic nitrogens is 3. The van der Waals surface area contributed by atoms with Gasteiger partial charge in [-0.05, 0) is 23.2 Å². The van der Waals surface area contributed by atoms with Gasteiger partial charge in [-0.3, -0.25) is 9.78 Å². The van der Waals surface area contributed by atoms with Crippen LogP contribution in [0.15, 0.2) is 36.5 Å². The lowest BCUT2D eigenvalue weighted by molar-refractivity contribution is 0.0950. The van der Waals surface area contributed by atoms with Gasteiger partial charge in [0.25, 0.3) is 5.91 Å². The van der Waals surface area contributed by atoms with E-state index in [0.717, 1.165) is 27.8 Å². The van der Waals surface area contributed by atoms with Crippen LogP contribution in [-0.4, -0.2) is 21.1 Å². The summed E-state index contributed by atoms with van der Waals surface area (Å²) < 4.78 is 0.252. The summed E-state index contributed by atoms with van der Waals surface area (Å²) in [5, 5.41) is 11.4. The molecule has 1 N–H and O–H groups in total. The van der Waals surface area contributed by atoms with Crippen molar-refractivity contribution in [1.29, 1.82) is 0 Å². The third-order valence-corrected chi connectivity index (χ3v) is 3.77. The lowest BCUT2D eigenvalue weighted by Crippen LogP contribution is -2.22. The fourth-order valence-electron chi connectivity index (χ4n) is 1.86. The van der Waals surface area contributed by atoms with Crippen molar-refractivity contribution in [2.24, 2.45) is 0 Å². The van der Waals surface area contributed by atoms with Crippen LogP contribution < -0.4 is 5.32 Å². The van der Waals surface area contributed by atoms with E-state index in [4.69, 9.17) is 11.6 Å². The average Bonchev–Trinajstić information content (AvgIpc) is 2.91. The molecular formula is C13H9ClN4OS. The molecule has 0 spiro atoms. The molecule has 100 valence electrons. The summed E-state index contributed by atoms with van der Waals surface area (Å²) in [6, 6.07) is 9.72. The monoisotopic (exact) mass is 304 g/mol. The smallest absolute Gasteiger partial charge is 0.282 e. The number of hydrogen-bond donors (Lipinski definition) is 1. The molecule has 0 bridgehead atoms. The topological polar surface area (TPSA) is 67.8 Å². The Kier molecular flexibility index (Phi) is 3.58. The van der Waals surface area contributed by atoms with Crippen molar-refractivity contribution in [2.45, 2.75) is 6.54 Å². The molecule has 0 aliphatic carbocycles. The second-order valence-corrected chi connectivity index (χ2v) is 5.59. The molecular weight excluding hydrogens is 296 g/mol. The number of benzene rings is 1. The first-order chi connectivity index (χ1) is 9.74. The average molecular weight is 305 g/mol. The quantitative estimate of drug-likeness (QED) is 0.808. The number of halogens is 1. The summed E-state index contributed by atoms with van der Waals surface area (Å²) in [6.45, 7) is 0.379. The van der Waals surface area contributed by atoms with E-state index in [9.17, 15) is 4.79 Å². The Balaban J connectivity index is 1.79. The van der Waals surface area contributed by atoms with E-state index in [-0.39, 0.29) is 15.4 Å². The van der Waals surface area contributed by atoms with Gasteiger partial charge < -0.3 is 5.32 Å². The molecule has 5 nitrogen and oxygen atoms in total. The highest BCUT2D eigenvalue weighted by molar-refractivity contribution is 7.17. The van der Waals surface area contributed by atoms with Crippen molar-refractivity contribution >= 4 is 39.7 Å². The van der Waals surface area contributed by atoms with Crippen LogP contribution in [0.2, 0.25) is 4.47 Å². The standard InChI is InChI=1S/C13H9ClN4OS/c14-13-18-17-12(20-13)11(19)16-7-9-4-1-3-8-5-2-6-15-10(8)9/h1-6H,7H2,(H,16,19). The molecule has 20 heavy (non-hydrogen) atoms. The van der Waals surface area contributed by atoms with E-state index >= 15 is 0 Å². The number of nitrogens with zero attached hydrogens (tertiary/aromatic N) is 3. The Hall–Kier alpha value is -2.05. The first-order valence-electron chi connectivity index (χ1n) is 5.84. The van der Waals surface area contributed by atoms with Crippen molar-refractivity contribution in [3.63, 3.8) is 0 Å². The highest BCUT2D eigenvalue weighted by Crippen LogP contribution is 2.17. The van der Waals surface area contributed by atoms with Crippen LogP contribution in [0.5, 0.6) is 0 Å². The summed E-state index contributed by atoms with van der Waals surface area (Å²) in [4.78, 5) is 16.2. The number of carbonyl (C=O) groups excluding carboxylic acids is 1. The zero-order valence-corrected chi connectivity index (χ0v) is 11.8. The molecule has 7 heteroatoms. The summed E-state index contributed by atoms with van der Waals surface area (Å²) >= 11 is 6.70. The minimum atomic E-state index is -0.290. The lowest BCUT2D eigenvalue weighted by Gasteiger charge is -2.06. The molecule has 0 fully saturated rings. The Morgan fingerprint density at radius 3 is 2.90 bits per heavy atom. The molecule has 0 aliphatic rings. The van der Waals surface area contributed by atoms with Gasteiger partial charge in [0.15, 0.2) is 0 Å². The Bertz CT molecular complexity index is 768. The van der Waals surface area contributed by atoms with Crippen LogP contribution in [0.25, 0.3) is 10.9 Å². The van der Waals surface area contributed by atoms with Crippen LogP contribution in [0.1, 0.15) is 15.4 Å².